The van der Waals surface area contributed by atoms with Gasteiger partial charge in [-0.1, -0.05) is 39.3 Å². The summed E-state index contributed by atoms with van der Waals surface area (Å²) in [4.78, 5) is 0. The van der Waals surface area contributed by atoms with Crippen LogP contribution >= 0.6 is 0 Å². The maximum absolute atomic E-state index is 5.78. The first kappa shape index (κ1) is 12.4. The molecule has 72 valence electrons. The molecule has 0 aliphatic rings. The molecule has 0 spiro atoms. The zero-order valence-corrected chi connectivity index (χ0v) is 11.2. The van der Waals surface area contributed by atoms with Crippen LogP contribution in [0.1, 0.15) is 0 Å². The molecule has 0 radical (unpaired) electrons. The van der Waals surface area contributed by atoms with E-state index < -0.39 is 16.5 Å². The molecule has 0 aromatic rings. The lowest BCUT2D eigenvalue weighted by Gasteiger charge is -2.44. The van der Waals surface area contributed by atoms with Crippen LogP contribution in [0.5, 0.6) is 0 Å². The highest BCUT2D eigenvalue weighted by Crippen LogP contribution is 2.18. The van der Waals surface area contributed by atoms with Gasteiger partial charge >= 0.3 is 7.12 Å². The predicted octanol–water partition coefficient (Wildman–Crippen LogP) is 0.860. The summed E-state index contributed by atoms with van der Waals surface area (Å²) in [5.41, 5.74) is 11.6. The van der Waals surface area contributed by atoms with Crippen LogP contribution in [0.25, 0.3) is 0 Å². The summed E-state index contributed by atoms with van der Waals surface area (Å²) in [6.45, 7) is 13.7. The molecule has 0 aliphatic heterocycles. The molecule has 6 heteroatoms. The number of nitrogens with two attached hydrogens (primary N) is 2. The van der Waals surface area contributed by atoms with Crippen LogP contribution in [-0.2, 0) is 0 Å². The van der Waals surface area contributed by atoms with Crippen LogP contribution in [-0.4, -0.2) is 27.7 Å². The van der Waals surface area contributed by atoms with Crippen molar-refractivity contribution >= 4 is 23.6 Å². The molecule has 0 bridgehead atoms. The molecule has 0 heterocycles. The van der Waals surface area contributed by atoms with Crippen molar-refractivity contribution in [2.45, 2.75) is 39.3 Å². The minimum Gasteiger partial charge on any atom is -0.359 e. The van der Waals surface area contributed by atoms with Crippen molar-refractivity contribution in [3.63, 3.8) is 0 Å². The quantitative estimate of drug-likeness (QED) is 0.669. The molecule has 4 N–H and O–H groups in total. The second-order valence-corrected chi connectivity index (χ2v) is 15.3. The van der Waals surface area contributed by atoms with E-state index in [0.29, 0.717) is 0 Å². The second-order valence-electron chi connectivity index (χ2n) is 5.20. The molecule has 0 aromatic heterocycles. The molecule has 0 saturated heterocycles. The summed E-state index contributed by atoms with van der Waals surface area (Å²) in [6, 6.07) is 0. The first-order chi connectivity index (χ1) is 5.07. The zero-order chi connectivity index (χ0) is 10.2. The summed E-state index contributed by atoms with van der Waals surface area (Å²) in [5.74, 6) is 0. The van der Waals surface area contributed by atoms with Crippen molar-refractivity contribution in [3.05, 3.63) is 0 Å². The molecule has 0 fully saturated rings. The van der Waals surface area contributed by atoms with Crippen molar-refractivity contribution in [1.82, 2.24) is 4.14 Å². The van der Waals surface area contributed by atoms with E-state index in [1.165, 1.54) is 0 Å². The Labute approximate surface area is 78.8 Å². The highest BCUT2D eigenvalue weighted by Gasteiger charge is 2.38. The molecule has 0 atom stereocenters. The predicted molar refractivity (Wildman–Crippen MR) is 62.7 cm³/mol. The monoisotopic (exact) mass is 203 g/mol. The molecule has 0 amide bonds. The van der Waals surface area contributed by atoms with E-state index in [0.717, 1.165) is 0 Å². The summed E-state index contributed by atoms with van der Waals surface area (Å²) in [6.07, 6.45) is 0. The molecule has 0 aliphatic carbocycles. The lowest BCUT2D eigenvalue weighted by atomic mass is 10.0. The zero-order valence-electron chi connectivity index (χ0n) is 9.18. The Morgan fingerprint density at radius 2 is 1.08 bits per heavy atom. The molecule has 0 rings (SSSR count). The highest BCUT2D eigenvalue weighted by atomic mass is 28.4. The molecule has 0 unspecified atom stereocenters. The Balaban J connectivity index is 4.70. The molecular weight excluding hydrogens is 181 g/mol. The normalized spacial score (nSPS) is 13.8. The molecule has 0 aromatic carbocycles. The van der Waals surface area contributed by atoms with E-state index in [4.69, 9.17) is 11.3 Å². The van der Waals surface area contributed by atoms with Crippen molar-refractivity contribution in [2.75, 3.05) is 0 Å². The standard InChI is InChI=1S/C6H22BN3Si2/c1-11(2,3)10(7(8)9)12(4,5)6/h8-9H2,1-6H3. The van der Waals surface area contributed by atoms with E-state index in [9.17, 15) is 0 Å². The molecule has 3 nitrogen and oxygen atoms in total. The fourth-order valence-corrected chi connectivity index (χ4v) is 11.7. The van der Waals surface area contributed by atoms with E-state index >= 15 is 0 Å². The van der Waals surface area contributed by atoms with Crippen LogP contribution in [0.15, 0.2) is 0 Å². The Bertz CT molecular complexity index is 136. The number of hydrogen-bond donors (Lipinski definition) is 2. The summed E-state index contributed by atoms with van der Waals surface area (Å²) < 4.78 is 2.38. The van der Waals surface area contributed by atoms with Crippen LogP contribution in [0, 0.1) is 0 Å². The maximum Gasteiger partial charge on any atom is 0.378 e. The van der Waals surface area contributed by atoms with Gasteiger partial charge < -0.3 is 15.4 Å². The van der Waals surface area contributed by atoms with Crippen LogP contribution in [0.3, 0.4) is 0 Å². The SMILES string of the molecule is C[Si](C)(C)N(B(N)N)[Si](C)(C)C. The van der Waals surface area contributed by atoms with Gasteiger partial charge in [0.15, 0.2) is 0 Å². The Morgan fingerprint density at radius 3 is 1.08 bits per heavy atom. The van der Waals surface area contributed by atoms with Gasteiger partial charge in [0.25, 0.3) is 0 Å². The highest BCUT2D eigenvalue weighted by molar-refractivity contribution is 6.98. The van der Waals surface area contributed by atoms with Crippen molar-refractivity contribution in [3.8, 4) is 0 Å². The van der Waals surface area contributed by atoms with Gasteiger partial charge in [-0.25, -0.2) is 0 Å². The largest absolute Gasteiger partial charge is 0.378 e. The first-order valence-electron chi connectivity index (χ1n) is 4.37. The van der Waals surface area contributed by atoms with Crippen LogP contribution in [0.4, 0.5) is 0 Å². The first-order valence-corrected chi connectivity index (χ1v) is 11.3. The van der Waals surface area contributed by atoms with Gasteiger partial charge in [-0.05, 0) is 0 Å². The third kappa shape index (κ3) is 3.40. The molecular formula is C6H22BN3Si2. The van der Waals surface area contributed by atoms with E-state index in [-0.39, 0.29) is 7.12 Å². The minimum atomic E-state index is -1.34. The lowest BCUT2D eigenvalue weighted by molar-refractivity contribution is 0.912. The van der Waals surface area contributed by atoms with Crippen LogP contribution in [0.2, 0.25) is 39.3 Å². The van der Waals surface area contributed by atoms with Gasteiger partial charge in [0, 0.05) is 0 Å². The van der Waals surface area contributed by atoms with Crippen LogP contribution < -0.4 is 11.3 Å². The van der Waals surface area contributed by atoms with Gasteiger partial charge in [0.2, 0.25) is 0 Å². The lowest BCUT2D eigenvalue weighted by Crippen LogP contribution is -2.71. The van der Waals surface area contributed by atoms with Gasteiger partial charge in [-0.3, -0.25) is 0 Å². The Morgan fingerprint density at radius 1 is 0.833 bits per heavy atom. The topological polar surface area (TPSA) is 55.3 Å². The average Bonchev–Trinajstić information content (AvgIpc) is 1.49. The summed E-state index contributed by atoms with van der Waals surface area (Å²) in [7, 11) is -2.95. The molecule has 0 saturated carbocycles. The van der Waals surface area contributed by atoms with Gasteiger partial charge in [-0.15, -0.1) is 0 Å². The summed E-state index contributed by atoms with van der Waals surface area (Å²) >= 11 is 0. The number of nitrogens with zero attached hydrogens (tertiary/aromatic N) is 1. The van der Waals surface area contributed by atoms with E-state index in [1.807, 2.05) is 0 Å². The Hall–Kier alpha value is 0.379. The third-order valence-electron chi connectivity index (χ3n) is 1.74. The van der Waals surface area contributed by atoms with E-state index in [2.05, 4.69) is 43.4 Å². The Kier molecular flexibility index (Phi) is 3.74. The third-order valence-corrected chi connectivity index (χ3v) is 9.26. The minimum absolute atomic E-state index is 0.275. The maximum atomic E-state index is 5.78. The van der Waals surface area contributed by atoms with Gasteiger partial charge in [0.05, 0.1) is 0 Å². The summed E-state index contributed by atoms with van der Waals surface area (Å²) in [5, 5.41) is 0. The number of hydrogen-bond acceptors (Lipinski definition) is 3. The number of rotatable bonds is 3. The molecule has 12 heavy (non-hydrogen) atoms. The fourth-order valence-electron chi connectivity index (χ4n) is 1.90. The second kappa shape index (κ2) is 3.63. The fraction of sp³-hybridized carbons (Fsp3) is 1.00. The van der Waals surface area contributed by atoms with Crippen molar-refractivity contribution < 1.29 is 0 Å². The van der Waals surface area contributed by atoms with Crippen molar-refractivity contribution in [2.24, 2.45) is 11.3 Å². The smallest absolute Gasteiger partial charge is 0.359 e. The average molecular weight is 203 g/mol. The van der Waals surface area contributed by atoms with Gasteiger partial charge in [0.1, 0.15) is 16.5 Å². The van der Waals surface area contributed by atoms with Crippen molar-refractivity contribution in [1.29, 1.82) is 0 Å². The van der Waals surface area contributed by atoms with Gasteiger partial charge in [-0.2, -0.15) is 0 Å². The van der Waals surface area contributed by atoms with E-state index in [1.54, 1.807) is 0 Å².